The number of pyridine rings is 1. The maximum Gasteiger partial charge on any atom is 0.251 e. The molecule has 2 atom stereocenters. The molecular formula is C17H26N2O3. The van der Waals surface area contributed by atoms with E-state index in [0.29, 0.717) is 18.6 Å². The lowest BCUT2D eigenvalue weighted by Crippen LogP contribution is -2.68. The molecule has 1 aliphatic carbocycles. The van der Waals surface area contributed by atoms with Crippen LogP contribution in [-0.2, 0) is 11.2 Å². The van der Waals surface area contributed by atoms with Crippen LogP contribution in [0.15, 0.2) is 18.5 Å². The molecule has 2 unspecified atom stereocenters. The minimum Gasteiger partial charge on any atom is -0.387 e. The quantitative estimate of drug-likeness (QED) is 0.842. The molecule has 1 heterocycles. The number of carbonyl (C=O) groups is 1. The lowest BCUT2D eigenvalue weighted by Gasteiger charge is -2.57. The molecule has 1 fully saturated rings. The molecule has 1 aromatic heterocycles. The van der Waals surface area contributed by atoms with Crippen molar-refractivity contribution in [3.8, 4) is 0 Å². The van der Waals surface area contributed by atoms with Crippen molar-refractivity contribution >= 4 is 5.91 Å². The van der Waals surface area contributed by atoms with Gasteiger partial charge in [0.05, 0.1) is 11.7 Å². The van der Waals surface area contributed by atoms with Crippen LogP contribution in [0.1, 0.15) is 50.0 Å². The van der Waals surface area contributed by atoms with Gasteiger partial charge in [-0.05, 0) is 25.0 Å². The fraction of sp³-hybridized carbons (Fsp3) is 0.647. The van der Waals surface area contributed by atoms with Gasteiger partial charge in [-0.25, -0.2) is 0 Å². The molecule has 1 amide bonds. The van der Waals surface area contributed by atoms with Gasteiger partial charge in [0.1, 0.15) is 0 Å². The van der Waals surface area contributed by atoms with Crippen LogP contribution in [0.3, 0.4) is 0 Å². The minimum absolute atomic E-state index is 0.0338. The SMILES string of the molecule is CCOC1CC(O)(CNC(=O)c2ccncc2CC)C1(C)C. The molecule has 2 rings (SSSR count). The number of carbonyl (C=O) groups excluding carboxylic acids is 1. The van der Waals surface area contributed by atoms with Crippen molar-refractivity contribution < 1.29 is 14.6 Å². The van der Waals surface area contributed by atoms with Crippen LogP contribution in [0.4, 0.5) is 0 Å². The Morgan fingerprint density at radius 2 is 2.23 bits per heavy atom. The zero-order valence-electron chi connectivity index (χ0n) is 13.8. The first-order valence-corrected chi connectivity index (χ1v) is 7.90. The monoisotopic (exact) mass is 306 g/mol. The summed E-state index contributed by atoms with van der Waals surface area (Å²) in [6.07, 6.45) is 4.65. The molecule has 122 valence electrons. The van der Waals surface area contributed by atoms with E-state index in [1.807, 2.05) is 27.7 Å². The average Bonchev–Trinajstić information content (AvgIpc) is 2.52. The largest absolute Gasteiger partial charge is 0.387 e. The van der Waals surface area contributed by atoms with E-state index in [-0.39, 0.29) is 24.0 Å². The van der Waals surface area contributed by atoms with Crippen LogP contribution >= 0.6 is 0 Å². The van der Waals surface area contributed by atoms with Gasteiger partial charge in [0.15, 0.2) is 0 Å². The number of nitrogens with one attached hydrogen (secondary N) is 1. The van der Waals surface area contributed by atoms with Crippen molar-refractivity contribution in [3.05, 3.63) is 29.6 Å². The highest BCUT2D eigenvalue weighted by Gasteiger charge is 2.59. The Labute approximate surface area is 132 Å². The third kappa shape index (κ3) is 2.88. The van der Waals surface area contributed by atoms with E-state index in [1.165, 1.54) is 0 Å². The molecule has 1 aliphatic rings. The summed E-state index contributed by atoms with van der Waals surface area (Å²) in [6, 6.07) is 1.72. The number of aryl methyl sites for hydroxylation is 1. The lowest BCUT2D eigenvalue weighted by atomic mass is 9.56. The van der Waals surface area contributed by atoms with Crippen LogP contribution in [0.2, 0.25) is 0 Å². The number of nitrogens with zero attached hydrogens (tertiary/aromatic N) is 1. The Kier molecular flexibility index (Phi) is 4.87. The van der Waals surface area contributed by atoms with E-state index in [4.69, 9.17) is 4.74 Å². The first-order chi connectivity index (χ1) is 10.4. The number of amides is 1. The van der Waals surface area contributed by atoms with Gasteiger partial charge in [0.2, 0.25) is 0 Å². The summed E-state index contributed by atoms with van der Waals surface area (Å²) in [5, 5.41) is 13.6. The zero-order valence-corrected chi connectivity index (χ0v) is 13.8. The van der Waals surface area contributed by atoms with Gasteiger partial charge < -0.3 is 15.2 Å². The van der Waals surface area contributed by atoms with E-state index in [0.717, 1.165) is 12.0 Å². The van der Waals surface area contributed by atoms with Crippen molar-refractivity contribution in [2.75, 3.05) is 13.2 Å². The standard InChI is InChI=1S/C17H26N2O3/c1-5-12-10-18-8-7-13(12)15(20)19-11-17(21)9-14(22-6-2)16(17,3)4/h7-8,10,14,21H,5-6,9,11H2,1-4H3,(H,19,20). The van der Waals surface area contributed by atoms with Gasteiger partial charge in [-0.3, -0.25) is 9.78 Å². The van der Waals surface area contributed by atoms with Crippen molar-refractivity contribution in [1.29, 1.82) is 0 Å². The second-order valence-electron chi connectivity index (χ2n) is 6.47. The molecule has 0 bridgehead atoms. The summed E-state index contributed by atoms with van der Waals surface area (Å²) in [4.78, 5) is 16.4. The molecule has 1 aromatic rings. The van der Waals surface area contributed by atoms with Crippen molar-refractivity contribution in [2.24, 2.45) is 5.41 Å². The summed E-state index contributed by atoms with van der Waals surface area (Å²) in [5.74, 6) is -0.164. The minimum atomic E-state index is -0.929. The Balaban J connectivity index is 2.00. The van der Waals surface area contributed by atoms with Gasteiger partial charge in [-0.2, -0.15) is 0 Å². The highest BCUT2D eigenvalue weighted by molar-refractivity contribution is 5.95. The number of rotatable bonds is 6. The number of aliphatic hydroxyl groups is 1. The number of hydrogen-bond donors (Lipinski definition) is 2. The summed E-state index contributed by atoms with van der Waals surface area (Å²) >= 11 is 0. The molecule has 0 saturated heterocycles. The molecule has 0 aliphatic heterocycles. The van der Waals surface area contributed by atoms with Crippen molar-refractivity contribution in [2.45, 2.75) is 52.2 Å². The normalized spacial score (nSPS) is 26.3. The number of hydrogen-bond acceptors (Lipinski definition) is 4. The van der Waals surface area contributed by atoms with Crippen LogP contribution < -0.4 is 5.32 Å². The molecule has 5 nitrogen and oxygen atoms in total. The highest BCUT2D eigenvalue weighted by atomic mass is 16.5. The third-order valence-electron chi connectivity index (χ3n) is 4.97. The predicted octanol–water partition coefficient (Wildman–Crippen LogP) is 1.94. The van der Waals surface area contributed by atoms with E-state index in [9.17, 15) is 9.90 Å². The number of aromatic nitrogens is 1. The zero-order chi connectivity index (χ0) is 16.4. The first-order valence-electron chi connectivity index (χ1n) is 7.90. The van der Waals surface area contributed by atoms with E-state index in [1.54, 1.807) is 18.5 Å². The molecule has 0 spiro atoms. The fourth-order valence-electron chi connectivity index (χ4n) is 3.01. The molecule has 0 radical (unpaired) electrons. The highest BCUT2D eigenvalue weighted by Crippen LogP contribution is 2.50. The molecule has 1 saturated carbocycles. The molecule has 22 heavy (non-hydrogen) atoms. The van der Waals surface area contributed by atoms with Gasteiger partial charge >= 0.3 is 0 Å². The molecule has 5 heteroatoms. The lowest BCUT2D eigenvalue weighted by molar-refractivity contribution is -0.237. The second-order valence-corrected chi connectivity index (χ2v) is 6.47. The maximum atomic E-state index is 12.3. The van der Waals surface area contributed by atoms with Crippen LogP contribution in [-0.4, -0.2) is 40.9 Å². The predicted molar refractivity (Wildman–Crippen MR) is 84.7 cm³/mol. The van der Waals surface area contributed by atoms with Gasteiger partial charge in [-0.15, -0.1) is 0 Å². The molecular weight excluding hydrogens is 280 g/mol. The van der Waals surface area contributed by atoms with Crippen LogP contribution in [0, 0.1) is 5.41 Å². The van der Waals surface area contributed by atoms with Crippen molar-refractivity contribution in [1.82, 2.24) is 10.3 Å². The Bertz CT molecular complexity index is 544. The Morgan fingerprint density at radius 1 is 1.50 bits per heavy atom. The van der Waals surface area contributed by atoms with E-state index in [2.05, 4.69) is 10.3 Å². The molecule has 0 aromatic carbocycles. The van der Waals surface area contributed by atoms with Gasteiger partial charge in [-0.1, -0.05) is 20.8 Å². The maximum absolute atomic E-state index is 12.3. The summed E-state index contributed by atoms with van der Waals surface area (Å²) in [6.45, 7) is 8.76. The van der Waals surface area contributed by atoms with Crippen LogP contribution in [0.25, 0.3) is 0 Å². The summed E-state index contributed by atoms with van der Waals surface area (Å²) in [5.41, 5.74) is 0.232. The Hall–Kier alpha value is -1.46. The van der Waals surface area contributed by atoms with Gasteiger partial charge in [0.25, 0.3) is 5.91 Å². The van der Waals surface area contributed by atoms with Crippen molar-refractivity contribution in [3.63, 3.8) is 0 Å². The third-order valence-corrected chi connectivity index (χ3v) is 4.97. The smallest absolute Gasteiger partial charge is 0.251 e. The summed E-state index contributed by atoms with van der Waals surface area (Å²) < 4.78 is 5.64. The number of ether oxygens (including phenoxy) is 1. The van der Waals surface area contributed by atoms with E-state index < -0.39 is 5.60 Å². The first kappa shape index (κ1) is 16.9. The van der Waals surface area contributed by atoms with Crippen LogP contribution in [0.5, 0.6) is 0 Å². The fourth-order valence-corrected chi connectivity index (χ4v) is 3.01. The molecule has 2 N–H and O–H groups in total. The van der Waals surface area contributed by atoms with Gasteiger partial charge in [0, 0.05) is 42.9 Å². The average molecular weight is 306 g/mol. The van der Waals surface area contributed by atoms with E-state index >= 15 is 0 Å². The second kappa shape index (κ2) is 6.34. The summed E-state index contributed by atoms with van der Waals surface area (Å²) in [7, 11) is 0. The topological polar surface area (TPSA) is 71.5 Å². The Morgan fingerprint density at radius 3 is 2.82 bits per heavy atom.